The number of fused-ring (bicyclic) bond motifs is 1. The lowest BCUT2D eigenvalue weighted by Gasteiger charge is -2.53. The Morgan fingerprint density at radius 2 is 2.31 bits per heavy atom. The highest BCUT2D eigenvalue weighted by molar-refractivity contribution is 8.06. The summed E-state index contributed by atoms with van der Waals surface area (Å²) < 4.78 is -1.18. The van der Waals surface area contributed by atoms with E-state index in [4.69, 9.17) is 10.6 Å². The lowest BCUT2D eigenvalue weighted by molar-refractivity contribution is -0.151. The van der Waals surface area contributed by atoms with Crippen LogP contribution in [0.25, 0.3) is 6.08 Å². The van der Waals surface area contributed by atoms with E-state index >= 15 is 0 Å². The van der Waals surface area contributed by atoms with Crippen molar-refractivity contribution >= 4 is 70.1 Å². The van der Waals surface area contributed by atoms with E-state index < -0.39 is 22.7 Å². The van der Waals surface area contributed by atoms with Crippen LogP contribution in [-0.2, 0) is 25.6 Å². The normalized spacial score (nSPS) is 23.5. The van der Waals surface area contributed by atoms with Crippen molar-refractivity contribution < 1.29 is 24.3 Å². The summed E-state index contributed by atoms with van der Waals surface area (Å²) in [4.78, 5) is 51.9. The zero-order chi connectivity index (χ0) is 25.7. The van der Waals surface area contributed by atoms with E-state index in [9.17, 15) is 19.5 Å². The van der Waals surface area contributed by atoms with Crippen LogP contribution in [0.5, 0.6) is 0 Å². The third-order valence-electron chi connectivity index (χ3n) is 5.49. The summed E-state index contributed by atoms with van der Waals surface area (Å²) in [6.07, 6.45) is 4.99. The van der Waals surface area contributed by atoms with Gasteiger partial charge in [-0.3, -0.25) is 19.4 Å². The highest BCUT2D eigenvalue weighted by Crippen LogP contribution is 2.44. The number of amides is 2. The molecule has 14 heteroatoms. The predicted octanol–water partition coefficient (Wildman–Crippen LogP) is 1.60. The summed E-state index contributed by atoms with van der Waals surface area (Å²) in [6.45, 7) is 2.16. The van der Waals surface area contributed by atoms with Gasteiger partial charge in [0.1, 0.15) is 29.0 Å². The number of nitrogens with zero attached hydrogens (tertiary/aromatic N) is 4. The summed E-state index contributed by atoms with van der Waals surface area (Å²) >= 11 is 3.83. The molecule has 2 saturated heterocycles. The molecule has 0 bridgehead atoms. The largest absolute Gasteiger partial charge is 0.480 e. The Balaban J connectivity index is 1.26. The Bertz CT molecular complexity index is 1190. The summed E-state index contributed by atoms with van der Waals surface area (Å²) in [7, 11) is 0. The van der Waals surface area contributed by atoms with Crippen molar-refractivity contribution in [2.45, 2.75) is 29.5 Å². The molecular weight excluding hydrogens is 524 g/mol. The number of carboxylic acids is 1. The molecule has 2 aromatic heterocycles. The average molecular weight is 549 g/mol. The lowest BCUT2D eigenvalue weighted by atomic mass is 10.0. The summed E-state index contributed by atoms with van der Waals surface area (Å²) in [5.74, 6) is -1.60. The van der Waals surface area contributed by atoms with Crippen LogP contribution < -0.4 is 11.1 Å². The minimum absolute atomic E-state index is 0.0463. The van der Waals surface area contributed by atoms with Crippen LogP contribution in [-0.4, -0.2) is 79.0 Å². The molecule has 11 nitrogen and oxygen atoms in total. The highest BCUT2D eigenvalue weighted by atomic mass is 32.2. The first-order chi connectivity index (χ1) is 17.3. The van der Waals surface area contributed by atoms with E-state index in [0.717, 1.165) is 23.2 Å². The number of nitrogens with two attached hydrogens (primary N) is 1. The number of thiazole rings is 1. The number of pyridine rings is 1. The number of nitrogen functional groups attached to an aromatic ring is 1. The molecule has 0 aromatic carbocycles. The maximum Gasteiger partial charge on any atom is 0.322 e. The Morgan fingerprint density at radius 3 is 3.00 bits per heavy atom. The number of oxime groups is 1. The van der Waals surface area contributed by atoms with Gasteiger partial charge in [-0.1, -0.05) is 11.2 Å². The van der Waals surface area contributed by atoms with Crippen molar-refractivity contribution in [3.8, 4) is 0 Å². The molecular formula is C22H24N6O5S3. The molecule has 3 atom stereocenters. The monoisotopic (exact) mass is 548 g/mol. The van der Waals surface area contributed by atoms with Gasteiger partial charge in [-0.2, -0.15) is 0 Å². The molecule has 2 aliphatic heterocycles. The predicted molar refractivity (Wildman–Crippen MR) is 141 cm³/mol. The van der Waals surface area contributed by atoms with Gasteiger partial charge in [0.2, 0.25) is 5.91 Å². The van der Waals surface area contributed by atoms with Gasteiger partial charge in [0.15, 0.2) is 5.13 Å². The number of carbonyl (C=O) groups excluding carboxylic acids is 2. The number of nitrogens with one attached hydrogen (secondary N) is 1. The maximum absolute atomic E-state index is 12.7. The molecule has 2 amide bonds. The molecule has 2 aromatic rings. The second kappa shape index (κ2) is 11.3. The van der Waals surface area contributed by atoms with Crippen LogP contribution in [0.4, 0.5) is 5.13 Å². The van der Waals surface area contributed by atoms with Crippen molar-refractivity contribution in [1.82, 2.24) is 20.2 Å². The SMILES string of the molecule is Cc1ccc(C=CSC2(C(=O)O)CS[C@@H]3C(NC(=O)C=NOCCc4csc(N)n4)C(=O)N3C2)cn1. The molecule has 4 N–H and O–H groups in total. The number of carboxylic acid groups (broad SMARTS) is 1. The van der Waals surface area contributed by atoms with E-state index in [0.29, 0.717) is 11.6 Å². The number of aromatic nitrogens is 2. The molecule has 0 aliphatic carbocycles. The molecule has 2 fully saturated rings. The fourth-order valence-electron chi connectivity index (χ4n) is 3.54. The number of anilines is 1. The number of carbonyl (C=O) groups is 3. The Hall–Kier alpha value is -3.10. The van der Waals surface area contributed by atoms with Gasteiger partial charge in [-0.05, 0) is 30.0 Å². The van der Waals surface area contributed by atoms with E-state index in [1.165, 1.54) is 39.8 Å². The van der Waals surface area contributed by atoms with Gasteiger partial charge >= 0.3 is 5.97 Å². The van der Waals surface area contributed by atoms with Gasteiger partial charge in [0, 0.05) is 36.0 Å². The standard InChI is InChI=1S/C22H24N6O5S3/c1-13-2-3-14(8-24-13)5-7-36-22(20(31)32)11-28-18(30)17(19(28)35-12-22)27-16(29)9-25-33-6-4-15-10-34-21(23)26-15/h2-3,5,7-10,17,19H,4,6,11-12H2,1H3,(H2,23,26)(H,27,29)(H,31,32)/t17?,19-,22?/m1/s1. The van der Waals surface area contributed by atoms with Crippen molar-refractivity contribution in [1.29, 1.82) is 0 Å². The minimum Gasteiger partial charge on any atom is -0.480 e. The highest BCUT2D eigenvalue weighted by Gasteiger charge is 2.57. The van der Waals surface area contributed by atoms with Crippen LogP contribution in [0.15, 0.2) is 34.3 Å². The summed E-state index contributed by atoms with van der Waals surface area (Å²) in [5.41, 5.74) is 8.10. The van der Waals surface area contributed by atoms with Gasteiger partial charge in [-0.25, -0.2) is 4.98 Å². The Morgan fingerprint density at radius 1 is 1.47 bits per heavy atom. The van der Waals surface area contributed by atoms with Crippen LogP contribution in [0, 0.1) is 6.92 Å². The van der Waals surface area contributed by atoms with Crippen LogP contribution in [0.3, 0.4) is 0 Å². The quantitative estimate of drug-likeness (QED) is 0.172. The van der Waals surface area contributed by atoms with Crippen molar-refractivity contribution in [2.75, 3.05) is 24.6 Å². The molecule has 2 unspecified atom stereocenters. The average Bonchev–Trinajstić information content (AvgIpc) is 3.28. The van der Waals surface area contributed by atoms with Crippen LogP contribution >= 0.6 is 34.9 Å². The topological polar surface area (TPSA) is 160 Å². The van der Waals surface area contributed by atoms with Crippen molar-refractivity contribution in [3.63, 3.8) is 0 Å². The third kappa shape index (κ3) is 5.99. The van der Waals surface area contributed by atoms with Gasteiger partial charge < -0.3 is 25.9 Å². The van der Waals surface area contributed by atoms with Crippen LogP contribution in [0.1, 0.15) is 17.0 Å². The van der Waals surface area contributed by atoms with Crippen molar-refractivity contribution in [3.05, 3.63) is 46.1 Å². The number of aryl methyl sites for hydroxylation is 1. The number of hydrogen-bond donors (Lipinski definition) is 3. The first kappa shape index (κ1) is 26.0. The third-order valence-corrected chi connectivity index (χ3v) is 9.10. The number of thioether (sulfide) groups is 2. The molecule has 4 heterocycles. The fraction of sp³-hybridized carbons (Fsp3) is 0.364. The fourth-order valence-corrected chi connectivity index (χ4v) is 6.80. The van der Waals surface area contributed by atoms with Gasteiger partial charge in [0.25, 0.3) is 5.91 Å². The number of hydrogen-bond acceptors (Lipinski definition) is 11. The van der Waals surface area contributed by atoms with Crippen LogP contribution in [0.2, 0.25) is 0 Å². The zero-order valence-corrected chi connectivity index (χ0v) is 21.6. The lowest BCUT2D eigenvalue weighted by Crippen LogP contribution is -2.74. The first-order valence-electron chi connectivity index (χ1n) is 10.9. The summed E-state index contributed by atoms with van der Waals surface area (Å²) in [5, 5.41) is 19.9. The number of aliphatic carboxylic acids is 1. The van der Waals surface area contributed by atoms with E-state index in [1.54, 1.807) is 17.7 Å². The molecule has 4 rings (SSSR count). The summed E-state index contributed by atoms with van der Waals surface area (Å²) in [6, 6.07) is 3.04. The zero-order valence-electron chi connectivity index (χ0n) is 19.2. The second-order valence-electron chi connectivity index (χ2n) is 8.10. The second-order valence-corrected chi connectivity index (χ2v) is 11.4. The maximum atomic E-state index is 12.7. The van der Waals surface area contributed by atoms with E-state index in [2.05, 4.69) is 20.4 Å². The Kier molecular flexibility index (Phi) is 8.16. The Labute approximate surface area is 219 Å². The van der Waals surface area contributed by atoms with Gasteiger partial charge in [0.05, 0.1) is 5.69 Å². The number of rotatable bonds is 10. The molecule has 0 spiro atoms. The molecule has 190 valence electrons. The first-order valence-corrected chi connectivity index (χ1v) is 13.7. The van der Waals surface area contributed by atoms with E-state index in [1.807, 2.05) is 24.4 Å². The molecule has 36 heavy (non-hydrogen) atoms. The smallest absolute Gasteiger partial charge is 0.322 e. The van der Waals surface area contributed by atoms with E-state index in [-0.39, 0.29) is 30.2 Å². The molecule has 2 aliphatic rings. The molecule has 0 saturated carbocycles. The minimum atomic E-state index is -1.18. The van der Waals surface area contributed by atoms with Gasteiger partial charge in [-0.15, -0.1) is 34.9 Å². The van der Waals surface area contributed by atoms with Crippen molar-refractivity contribution in [2.24, 2.45) is 5.16 Å². The molecule has 0 radical (unpaired) electrons. The number of β-lactam (4-membered cyclic amide) rings is 1.